The lowest BCUT2D eigenvalue weighted by Gasteiger charge is -2.25. The van der Waals surface area contributed by atoms with E-state index in [9.17, 15) is 17.2 Å². The summed E-state index contributed by atoms with van der Waals surface area (Å²) in [6.45, 7) is 2.02. The summed E-state index contributed by atoms with van der Waals surface area (Å²) in [6.07, 6.45) is 0. The van der Waals surface area contributed by atoms with Gasteiger partial charge >= 0.3 is 0 Å². The fourth-order valence-electron chi connectivity index (χ4n) is 2.52. The van der Waals surface area contributed by atoms with Crippen LogP contribution in [0.25, 0.3) is 0 Å². The Morgan fingerprint density at radius 1 is 0.769 bits per heavy atom. The molecule has 0 radical (unpaired) electrons. The second-order valence-electron chi connectivity index (χ2n) is 5.93. The molecule has 0 saturated heterocycles. The predicted molar refractivity (Wildman–Crippen MR) is 97.3 cm³/mol. The molecule has 0 aliphatic carbocycles. The number of hydrogen-bond donors (Lipinski definition) is 0. The van der Waals surface area contributed by atoms with Gasteiger partial charge in [-0.3, -0.25) is 4.31 Å². The summed E-state index contributed by atoms with van der Waals surface area (Å²) in [7, 11) is -3.95. The largest absolute Gasteiger partial charge is 0.264 e. The molecular weight excluding hydrogens is 356 g/mol. The maximum Gasteiger partial charge on any atom is 0.264 e. The van der Waals surface area contributed by atoms with Crippen LogP contribution in [-0.2, 0) is 16.6 Å². The highest BCUT2D eigenvalue weighted by molar-refractivity contribution is 7.92. The lowest BCUT2D eigenvalue weighted by Crippen LogP contribution is -2.30. The van der Waals surface area contributed by atoms with Gasteiger partial charge < -0.3 is 0 Å². The number of hydrogen-bond acceptors (Lipinski definition) is 2. The van der Waals surface area contributed by atoms with Crippen molar-refractivity contribution >= 4 is 15.7 Å². The topological polar surface area (TPSA) is 37.4 Å². The van der Waals surface area contributed by atoms with E-state index in [4.69, 9.17) is 0 Å². The molecule has 0 aromatic heterocycles. The number of aryl methyl sites for hydroxylation is 1. The number of halogens is 2. The highest BCUT2D eigenvalue weighted by atomic mass is 32.2. The molecule has 3 aromatic carbocycles. The molecule has 0 heterocycles. The molecule has 0 saturated carbocycles. The van der Waals surface area contributed by atoms with E-state index in [2.05, 4.69) is 0 Å². The molecule has 0 atom stereocenters. The minimum atomic E-state index is -3.95. The zero-order valence-corrected chi connectivity index (χ0v) is 14.9. The molecule has 134 valence electrons. The summed E-state index contributed by atoms with van der Waals surface area (Å²) in [4.78, 5) is -0.0321. The van der Waals surface area contributed by atoms with E-state index in [-0.39, 0.29) is 11.4 Å². The van der Waals surface area contributed by atoms with Crippen LogP contribution in [0.2, 0.25) is 0 Å². The summed E-state index contributed by atoms with van der Waals surface area (Å²) in [5.74, 6) is -0.973. The van der Waals surface area contributed by atoms with Crippen molar-refractivity contribution in [3.8, 4) is 0 Å². The third-order valence-electron chi connectivity index (χ3n) is 3.96. The fraction of sp³-hybridized carbons (Fsp3) is 0.100. The van der Waals surface area contributed by atoms with Gasteiger partial charge in [-0.1, -0.05) is 29.8 Å². The van der Waals surface area contributed by atoms with E-state index in [0.717, 1.165) is 23.3 Å². The van der Waals surface area contributed by atoms with E-state index >= 15 is 0 Å². The molecular formula is C20H17F2NO2S. The standard InChI is InChI=1S/C20H17F2NO2S/c1-15-2-4-16(5-3-15)14-23(19-10-6-17(21)7-11-19)26(24,25)20-12-8-18(22)9-13-20/h2-13H,14H2,1H3. The zero-order valence-electron chi connectivity index (χ0n) is 14.1. The van der Waals surface area contributed by atoms with Gasteiger partial charge in [0.2, 0.25) is 0 Å². The van der Waals surface area contributed by atoms with Crippen molar-refractivity contribution in [1.82, 2.24) is 0 Å². The second kappa shape index (κ2) is 7.25. The van der Waals surface area contributed by atoms with E-state index in [1.807, 2.05) is 31.2 Å². The van der Waals surface area contributed by atoms with Gasteiger partial charge in [0, 0.05) is 0 Å². The monoisotopic (exact) mass is 373 g/mol. The molecule has 0 bridgehead atoms. The van der Waals surface area contributed by atoms with Crippen molar-refractivity contribution in [2.45, 2.75) is 18.4 Å². The first-order valence-corrected chi connectivity index (χ1v) is 9.40. The maximum absolute atomic E-state index is 13.3. The zero-order chi connectivity index (χ0) is 18.7. The number of anilines is 1. The van der Waals surface area contributed by atoms with Gasteiger partial charge in [-0.2, -0.15) is 0 Å². The van der Waals surface area contributed by atoms with Crippen molar-refractivity contribution in [3.05, 3.63) is 95.6 Å². The fourth-order valence-corrected chi connectivity index (χ4v) is 3.97. The third-order valence-corrected chi connectivity index (χ3v) is 5.75. The molecule has 0 aliphatic rings. The van der Waals surface area contributed by atoms with Crippen LogP contribution < -0.4 is 4.31 Å². The van der Waals surface area contributed by atoms with Gasteiger partial charge in [-0.25, -0.2) is 17.2 Å². The first-order chi connectivity index (χ1) is 12.4. The number of benzene rings is 3. The van der Waals surface area contributed by atoms with E-state index < -0.39 is 21.7 Å². The number of rotatable bonds is 5. The Hall–Kier alpha value is -2.73. The summed E-state index contributed by atoms with van der Waals surface area (Å²) in [6, 6.07) is 17.3. The van der Waals surface area contributed by atoms with Crippen molar-refractivity contribution in [3.63, 3.8) is 0 Å². The summed E-state index contributed by atoms with van der Waals surface area (Å²) in [5, 5.41) is 0. The molecule has 6 heteroatoms. The van der Waals surface area contributed by atoms with Crippen LogP contribution in [0.15, 0.2) is 77.7 Å². The van der Waals surface area contributed by atoms with Crippen LogP contribution in [-0.4, -0.2) is 8.42 Å². The molecule has 3 rings (SSSR count). The van der Waals surface area contributed by atoms with Crippen LogP contribution >= 0.6 is 0 Å². The molecule has 0 spiro atoms. The highest BCUT2D eigenvalue weighted by Crippen LogP contribution is 2.26. The predicted octanol–water partition coefficient (Wildman–Crippen LogP) is 4.67. The number of nitrogens with zero attached hydrogens (tertiary/aromatic N) is 1. The van der Waals surface area contributed by atoms with E-state index in [1.54, 1.807) is 0 Å². The molecule has 26 heavy (non-hydrogen) atoms. The van der Waals surface area contributed by atoms with Gasteiger partial charge in [0.15, 0.2) is 0 Å². The molecule has 0 fully saturated rings. The first kappa shape index (κ1) is 18.1. The smallest absolute Gasteiger partial charge is 0.262 e. The van der Waals surface area contributed by atoms with Gasteiger partial charge in [-0.15, -0.1) is 0 Å². The summed E-state index contributed by atoms with van der Waals surface area (Å²) >= 11 is 0. The second-order valence-corrected chi connectivity index (χ2v) is 7.79. The van der Waals surface area contributed by atoms with Crippen LogP contribution in [0.1, 0.15) is 11.1 Å². The van der Waals surface area contributed by atoms with E-state index in [1.165, 1.54) is 40.7 Å². The molecule has 0 amide bonds. The highest BCUT2D eigenvalue weighted by Gasteiger charge is 2.25. The average Bonchev–Trinajstić information content (AvgIpc) is 2.62. The van der Waals surface area contributed by atoms with Gasteiger partial charge in [0.25, 0.3) is 10.0 Å². The van der Waals surface area contributed by atoms with Crippen LogP contribution in [0.5, 0.6) is 0 Å². The quantitative estimate of drug-likeness (QED) is 0.652. The van der Waals surface area contributed by atoms with Crippen molar-refractivity contribution in [1.29, 1.82) is 0 Å². The third kappa shape index (κ3) is 3.91. The molecule has 0 aliphatic heterocycles. The summed E-state index contributed by atoms with van der Waals surface area (Å²) in [5.41, 5.74) is 2.17. The van der Waals surface area contributed by atoms with Crippen LogP contribution in [0.4, 0.5) is 14.5 Å². The Kier molecular flexibility index (Phi) is 5.04. The Morgan fingerprint density at radius 3 is 1.81 bits per heavy atom. The van der Waals surface area contributed by atoms with Gasteiger partial charge in [0.05, 0.1) is 17.1 Å². The van der Waals surface area contributed by atoms with Crippen LogP contribution in [0, 0.1) is 18.6 Å². The van der Waals surface area contributed by atoms with Crippen molar-refractivity contribution < 1.29 is 17.2 Å². The Bertz CT molecular complexity index is 983. The van der Waals surface area contributed by atoms with Crippen LogP contribution in [0.3, 0.4) is 0 Å². The minimum absolute atomic E-state index is 0.0321. The maximum atomic E-state index is 13.3. The number of sulfonamides is 1. The molecule has 3 nitrogen and oxygen atoms in total. The van der Waals surface area contributed by atoms with E-state index in [0.29, 0.717) is 5.69 Å². The Morgan fingerprint density at radius 2 is 1.27 bits per heavy atom. The normalized spacial score (nSPS) is 11.3. The first-order valence-electron chi connectivity index (χ1n) is 7.96. The summed E-state index contributed by atoms with van der Waals surface area (Å²) < 4.78 is 53.9. The lowest BCUT2D eigenvalue weighted by atomic mass is 10.1. The molecule has 0 unspecified atom stereocenters. The van der Waals surface area contributed by atoms with Crippen molar-refractivity contribution in [2.24, 2.45) is 0 Å². The van der Waals surface area contributed by atoms with Gasteiger partial charge in [-0.05, 0) is 61.0 Å². The minimum Gasteiger partial charge on any atom is -0.262 e. The Labute approximate surface area is 151 Å². The SMILES string of the molecule is Cc1ccc(CN(c2ccc(F)cc2)S(=O)(=O)c2ccc(F)cc2)cc1. The van der Waals surface area contributed by atoms with Gasteiger partial charge in [0.1, 0.15) is 11.6 Å². The van der Waals surface area contributed by atoms with Crippen molar-refractivity contribution in [2.75, 3.05) is 4.31 Å². The molecule has 0 N–H and O–H groups in total. The molecule has 3 aromatic rings. The average molecular weight is 373 g/mol. The Balaban J connectivity index is 2.05. The lowest BCUT2D eigenvalue weighted by molar-refractivity contribution is 0.589.